The number of amides is 2. The molecular formula is C27H30N4O3. The van der Waals surface area contributed by atoms with Gasteiger partial charge in [0.1, 0.15) is 0 Å². The highest BCUT2D eigenvalue weighted by Gasteiger charge is 2.35. The predicted molar refractivity (Wildman–Crippen MR) is 130 cm³/mol. The Hall–Kier alpha value is -3.71. The van der Waals surface area contributed by atoms with Gasteiger partial charge >= 0.3 is 6.09 Å². The Morgan fingerprint density at radius 3 is 2.24 bits per heavy atom. The molecule has 0 bridgehead atoms. The van der Waals surface area contributed by atoms with E-state index in [4.69, 9.17) is 0 Å². The maximum atomic E-state index is 13.8. The molecule has 34 heavy (non-hydrogen) atoms. The third-order valence-electron chi connectivity index (χ3n) is 6.39. The lowest BCUT2D eigenvalue weighted by Crippen LogP contribution is -2.53. The van der Waals surface area contributed by atoms with Crippen molar-refractivity contribution >= 4 is 12.0 Å². The van der Waals surface area contributed by atoms with E-state index in [1.54, 1.807) is 6.20 Å². The van der Waals surface area contributed by atoms with Crippen molar-refractivity contribution in [2.24, 2.45) is 0 Å². The van der Waals surface area contributed by atoms with E-state index < -0.39 is 18.3 Å². The van der Waals surface area contributed by atoms with Crippen LogP contribution >= 0.6 is 0 Å². The molecule has 2 atom stereocenters. The van der Waals surface area contributed by atoms with E-state index in [1.807, 2.05) is 59.5 Å². The van der Waals surface area contributed by atoms with E-state index in [-0.39, 0.29) is 11.8 Å². The molecular weight excluding hydrogens is 428 g/mol. The third kappa shape index (κ3) is 5.61. The first-order chi connectivity index (χ1) is 16.5. The summed E-state index contributed by atoms with van der Waals surface area (Å²) in [6.07, 6.45) is 1.11. The molecule has 2 N–H and O–H groups in total. The zero-order valence-electron chi connectivity index (χ0n) is 19.2. The minimum atomic E-state index is -1.03. The first-order valence-electron chi connectivity index (χ1n) is 11.5. The molecule has 0 aliphatic carbocycles. The topological polar surface area (TPSA) is 85.8 Å². The van der Waals surface area contributed by atoms with E-state index in [0.29, 0.717) is 25.9 Å². The van der Waals surface area contributed by atoms with Crippen LogP contribution < -0.4 is 5.32 Å². The summed E-state index contributed by atoms with van der Waals surface area (Å²) < 4.78 is 0. The van der Waals surface area contributed by atoms with E-state index in [0.717, 1.165) is 16.8 Å². The van der Waals surface area contributed by atoms with Gasteiger partial charge in [-0.3, -0.25) is 20.0 Å². The van der Waals surface area contributed by atoms with Crippen LogP contribution in [0.15, 0.2) is 85.1 Å². The van der Waals surface area contributed by atoms with Crippen LogP contribution in [0.4, 0.5) is 4.79 Å². The Bertz CT molecular complexity index is 1040. The number of benzene rings is 2. The summed E-state index contributed by atoms with van der Waals surface area (Å²) in [7, 11) is 1.54. The maximum Gasteiger partial charge on any atom is 0.408 e. The van der Waals surface area contributed by atoms with E-state index in [9.17, 15) is 14.7 Å². The summed E-state index contributed by atoms with van der Waals surface area (Å²) in [6, 6.07) is 25.4. The van der Waals surface area contributed by atoms with Gasteiger partial charge < -0.3 is 10.0 Å². The van der Waals surface area contributed by atoms with Gasteiger partial charge in [-0.2, -0.15) is 0 Å². The Kier molecular flexibility index (Phi) is 7.54. The molecule has 0 saturated carbocycles. The number of hydrogen-bond acceptors (Lipinski definition) is 4. The van der Waals surface area contributed by atoms with Gasteiger partial charge in [0.25, 0.3) is 0 Å². The molecule has 7 nitrogen and oxygen atoms in total. The Morgan fingerprint density at radius 2 is 1.68 bits per heavy atom. The van der Waals surface area contributed by atoms with Gasteiger partial charge in [-0.05, 0) is 29.7 Å². The van der Waals surface area contributed by atoms with Gasteiger partial charge in [-0.1, -0.05) is 66.7 Å². The normalized spacial score (nSPS) is 18.5. The summed E-state index contributed by atoms with van der Waals surface area (Å²) in [5, 5.41) is 12.8. The van der Waals surface area contributed by atoms with E-state index >= 15 is 0 Å². The van der Waals surface area contributed by atoms with Gasteiger partial charge in [0.2, 0.25) is 5.91 Å². The molecule has 2 aromatic carbocycles. The monoisotopic (exact) mass is 458 g/mol. The average molecular weight is 459 g/mol. The van der Waals surface area contributed by atoms with Crippen LogP contribution in [0, 0.1) is 0 Å². The second kappa shape index (κ2) is 10.9. The van der Waals surface area contributed by atoms with Crippen LogP contribution in [0.25, 0.3) is 0 Å². The molecule has 1 saturated heterocycles. The Labute approximate surface area is 200 Å². The number of nitrogens with zero attached hydrogens (tertiary/aromatic N) is 3. The predicted octanol–water partition coefficient (Wildman–Crippen LogP) is 3.58. The van der Waals surface area contributed by atoms with Gasteiger partial charge in [0, 0.05) is 44.4 Å². The molecule has 3 aromatic rings. The first-order valence-corrected chi connectivity index (χ1v) is 11.5. The summed E-state index contributed by atoms with van der Waals surface area (Å²) >= 11 is 0. The second-order valence-corrected chi connectivity index (χ2v) is 8.60. The van der Waals surface area contributed by atoms with Crippen LogP contribution in [0.1, 0.15) is 29.2 Å². The lowest BCUT2D eigenvalue weighted by Gasteiger charge is -2.29. The highest BCUT2D eigenvalue weighted by atomic mass is 16.4. The molecule has 1 aromatic heterocycles. The summed E-state index contributed by atoms with van der Waals surface area (Å²) in [5.74, 6) is -0.0283. The molecule has 7 heteroatoms. The minimum absolute atomic E-state index is 0.00982. The van der Waals surface area contributed by atoms with Gasteiger partial charge in [0.05, 0.1) is 12.2 Å². The van der Waals surface area contributed by atoms with E-state index in [1.165, 1.54) is 11.9 Å². The fourth-order valence-corrected chi connectivity index (χ4v) is 4.48. The fourth-order valence-electron chi connectivity index (χ4n) is 4.48. The smallest absolute Gasteiger partial charge is 0.408 e. The number of hydrogen-bond donors (Lipinski definition) is 2. The van der Waals surface area contributed by atoms with Crippen molar-refractivity contribution in [1.29, 1.82) is 0 Å². The number of rotatable bonds is 7. The van der Waals surface area contributed by atoms with Crippen LogP contribution in [0.5, 0.6) is 0 Å². The molecule has 4 rings (SSSR count). The van der Waals surface area contributed by atoms with Crippen LogP contribution in [0.2, 0.25) is 0 Å². The van der Waals surface area contributed by atoms with Crippen molar-refractivity contribution in [2.45, 2.75) is 31.0 Å². The van der Waals surface area contributed by atoms with Crippen molar-refractivity contribution in [2.75, 3.05) is 20.1 Å². The van der Waals surface area contributed by atoms with Crippen LogP contribution in [-0.2, 0) is 11.2 Å². The minimum Gasteiger partial charge on any atom is -0.465 e. The summed E-state index contributed by atoms with van der Waals surface area (Å²) in [4.78, 5) is 32.9. The van der Waals surface area contributed by atoms with Crippen molar-refractivity contribution in [3.8, 4) is 0 Å². The number of carbonyl (C=O) groups is 2. The fraction of sp³-hybridized carbons (Fsp3) is 0.296. The molecule has 0 spiro atoms. The lowest BCUT2D eigenvalue weighted by atomic mass is 9.90. The van der Waals surface area contributed by atoms with Crippen molar-refractivity contribution in [1.82, 2.24) is 20.1 Å². The number of carboxylic acid groups (broad SMARTS) is 1. The zero-order chi connectivity index (χ0) is 23.9. The molecule has 0 radical (unpaired) electrons. The Balaban J connectivity index is 1.63. The summed E-state index contributed by atoms with van der Waals surface area (Å²) in [6.45, 7) is 0.972. The standard InChI is InChI=1S/C27H30N4O3/c1-30(27(33)34)25-15-17-31(26(32)24(29-25)18-22-14-8-9-16-28-22)19-23(20-10-4-2-5-11-20)21-12-6-3-7-13-21/h2-14,16,23-25,29H,15,17-19H2,1H3,(H,33,34)/t24-,25-/m0/s1. The number of aromatic nitrogens is 1. The van der Waals surface area contributed by atoms with Gasteiger partial charge in [-0.25, -0.2) is 4.79 Å². The lowest BCUT2D eigenvalue weighted by molar-refractivity contribution is -0.132. The van der Waals surface area contributed by atoms with Crippen LogP contribution in [0.3, 0.4) is 0 Å². The molecule has 1 fully saturated rings. The van der Waals surface area contributed by atoms with Gasteiger partial charge in [-0.15, -0.1) is 0 Å². The molecule has 2 amide bonds. The first kappa shape index (κ1) is 23.4. The maximum absolute atomic E-state index is 13.8. The SMILES string of the molecule is CN(C(=O)O)[C@H]1CCN(CC(c2ccccc2)c2ccccc2)C(=O)[C@H](Cc2ccccn2)N1. The van der Waals surface area contributed by atoms with Crippen molar-refractivity contribution in [3.63, 3.8) is 0 Å². The third-order valence-corrected chi connectivity index (χ3v) is 6.39. The highest BCUT2D eigenvalue weighted by molar-refractivity contribution is 5.83. The molecule has 1 aliphatic rings. The average Bonchev–Trinajstić information content (AvgIpc) is 3.02. The summed E-state index contributed by atoms with van der Waals surface area (Å²) in [5.41, 5.74) is 3.06. The molecule has 0 unspecified atom stereocenters. The molecule has 176 valence electrons. The van der Waals surface area contributed by atoms with Crippen molar-refractivity contribution < 1.29 is 14.7 Å². The van der Waals surface area contributed by atoms with Crippen LogP contribution in [-0.4, -0.2) is 64.2 Å². The highest BCUT2D eigenvalue weighted by Crippen LogP contribution is 2.27. The zero-order valence-corrected chi connectivity index (χ0v) is 19.2. The van der Waals surface area contributed by atoms with Crippen molar-refractivity contribution in [3.05, 3.63) is 102 Å². The number of nitrogens with one attached hydrogen (secondary N) is 1. The Morgan fingerprint density at radius 1 is 1.06 bits per heavy atom. The number of carbonyl (C=O) groups excluding carboxylic acids is 1. The number of pyridine rings is 1. The molecule has 1 aliphatic heterocycles. The quantitative estimate of drug-likeness (QED) is 0.565. The second-order valence-electron chi connectivity index (χ2n) is 8.60. The van der Waals surface area contributed by atoms with Gasteiger partial charge in [0.15, 0.2) is 0 Å². The largest absolute Gasteiger partial charge is 0.465 e. The molecule has 2 heterocycles. The van der Waals surface area contributed by atoms with E-state index in [2.05, 4.69) is 34.6 Å².